The number of carbonyl (C=O) groups excluding carboxylic acids is 1. The van der Waals surface area contributed by atoms with Crippen LogP contribution in [0.25, 0.3) is 10.8 Å². The standard InChI is InChI=1S/C29H30N2O4S2/c1-35-19-8-17-30(37(33,34)27-14-7-12-22-9-5-6-13-24(22)27)21-28(32)31-18-15-26-25(16-20-36-26)29(31)23-10-3-2-4-11-23/h2-7,9-14,16,20,29H,8,15,17-19,21H2,1H3. The van der Waals surface area contributed by atoms with Crippen LogP contribution in [0.2, 0.25) is 0 Å². The van der Waals surface area contributed by atoms with Gasteiger partial charge in [-0.05, 0) is 46.9 Å². The molecule has 2 heterocycles. The first-order valence-electron chi connectivity index (χ1n) is 12.4. The van der Waals surface area contributed by atoms with Crippen LogP contribution in [0, 0.1) is 0 Å². The molecule has 0 N–H and O–H groups in total. The molecule has 1 aliphatic heterocycles. The van der Waals surface area contributed by atoms with E-state index in [1.165, 1.54) is 9.18 Å². The second-order valence-electron chi connectivity index (χ2n) is 9.11. The fraction of sp³-hybridized carbons (Fsp3) is 0.276. The first-order chi connectivity index (χ1) is 18.0. The molecule has 8 heteroatoms. The van der Waals surface area contributed by atoms with Gasteiger partial charge in [0, 0.05) is 37.1 Å². The SMILES string of the molecule is COCCCN(CC(=O)N1CCc2sccc2C1c1ccccc1)S(=O)(=O)c1cccc2ccccc12. The number of rotatable bonds is 9. The average Bonchev–Trinajstić information content (AvgIpc) is 3.41. The van der Waals surface area contributed by atoms with Crippen LogP contribution in [0.15, 0.2) is 89.1 Å². The predicted octanol–water partition coefficient (Wildman–Crippen LogP) is 5.10. The maximum atomic E-state index is 14.0. The van der Waals surface area contributed by atoms with E-state index in [9.17, 15) is 13.2 Å². The van der Waals surface area contributed by atoms with Gasteiger partial charge in [-0.1, -0.05) is 66.7 Å². The Bertz CT molecular complexity index is 1480. The zero-order valence-corrected chi connectivity index (χ0v) is 22.4. The number of sulfonamides is 1. The third-order valence-electron chi connectivity index (χ3n) is 6.84. The zero-order valence-electron chi connectivity index (χ0n) is 20.7. The van der Waals surface area contributed by atoms with E-state index in [0.29, 0.717) is 25.0 Å². The van der Waals surface area contributed by atoms with Crippen molar-refractivity contribution >= 4 is 38.0 Å². The molecule has 0 saturated carbocycles. The number of amides is 1. The van der Waals surface area contributed by atoms with E-state index in [1.54, 1.807) is 30.6 Å². The van der Waals surface area contributed by atoms with Crippen molar-refractivity contribution in [2.24, 2.45) is 0 Å². The summed E-state index contributed by atoms with van der Waals surface area (Å²) in [4.78, 5) is 17.2. The second-order valence-corrected chi connectivity index (χ2v) is 12.0. The molecular formula is C29H30N2O4S2. The summed E-state index contributed by atoms with van der Waals surface area (Å²) in [7, 11) is -2.35. The Labute approximate surface area is 222 Å². The van der Waals surface area contributed by atoms with Crippen molar-refractivity contribution in [1.82, 2.24) is 9.21 Å². The number of carbonyl (C=O) groups is 1. The average molecular weight is 535 g/mol. The summed E-state index contributed by atoms with van der Waals surface area (Å²) < 4.78 is 34.5. The number of thiophene rings is 1. The van der Waals surface area contributed by atoms with Crippen LogP contribution in [0.4, 0.5) is 0 Å². The van der Waals surface area contributed by atoms with Crippen LogP contribution in [-0.4, -0.2) is 56.9 Å². The van der Waals surface area contributed by atoms with Gasteiger partial charge in [0.25, 0.3) is 0 Å². The molecule has 5 rings (SSSR count). The Hall–Kier alpha value is -3.04. The molecule has 0 bridgehead atoms. The summed E-state index contributed by atoms with van der Waals surface area (Å²) in [6.45, 7) is 0.924. The van der Waals surface area contributed by atoms with Gasteiger partial charge in [0.1, 0.15) is 0 Å². The van der Waals surface area contributed by atoms with Crippen molar-refractivity contribution in [3.05, 3.63) is 100 Å². The Morgan fingerprint density at radius 2 is 1.78 bits per heavy atom. The van der Waals surface area contributed by atoms with Crippen molar-refractivity contribution in [3.63, 3.8) is 0 Å². The Morgan fingerprint density at radius 3 is 2.59 bits per heavy atom. The number of nitrogens with zero attached hydrogens (tertiary/aromatic N) is 2. The van der Waals surface area contributed by atoms with Crippen LogP contribution < -0.4 is 0 Å². The summed E-state index contributed by atoms with van der Waals surface area (Å²) in [5.41, 5.74) is 2.15. The molecule has 0 aliphatic carbocycles. The fourth-order valence-corrected chi connectivity index (χ4v) is 7.60. The van der Waals surface area contributed by atoms with Crippen molar-refractivity contribution in [3.8, 4) is 0 Å². The zero-order chi connectivity index (χ0) is 25.8. The third kappa shape index (κ3) is 5.20. The van der Waals surface area contributed by atoms with Crippen molar-refractivity contribution < 1.29 is 17.9 Å². The molecule has 0 saturated heterocycles. The van der Waals surface area contributed by atoms with Gasteiger partial charge in [-0.15, -0.1) is 11.3 Å². The van der Waals surface area contributed by atoms with Gasteiger partial charge in [0.05, 0.1) is 17.5 Å². The molecule has 1 aliphatic rings. The molecular weight excluding hydrogens is 504 g/mol. The number of methoxy groups -OCH3 is 1. The van der Waals surface area contributed by atoms with Crippen LogP contribution in [-0.2, 0) is 26.0 Å². The minimum Gasteiger partial charge on any atom is -0.385 e. The third-order valence-corrected chi connectivity index (χ3v) is 9.74. The first-order valence-corrected chi connectivity index (χ1v) is 14.7. The van der Waals surface area contributed by atoms with Crippen LogP contribution in [0.3, 0.4) is 0 Å². The highest BCUT2D eigenvalue weighted by molar-refractivity contribution is 7.89. The molecule has 0 spiro atoms. The lowest BCUT2D eigenvalue weighted by molar-refractivity contribution is -0.133. The number of fused-ring (bicyclic) bond motifs is 2. The monoisotopic (exact) mass is 534 g/mol. The van der Waals surface area contributed by atoms with E-state index in [2.05, 4.69) is 11.4 Å². The van der Waals surface area contributed by atoms with Crippen molar-refractivity contribution in [2.45, 2.75) is 23.8 Å². The second kappa shape index (κ2) is 11.1. The molecule has 1 unspecified atom stereocenters. The molecule has 1 amide bonds. The summed E-state index contributed by atoms with van der Waals surface area (Å²) in [5.74, 6) is -0.202. The summed E-state index contributed by atoms with van der Waals surface area (Å²) in [5, 5.41) is 3.56. The maximum Gasteiger partial charge on any atom is 0.244 e. The van der Waals surface area contributed by atoms with E-state index >= 15 is 0 Å². The molecule has 192 valence electrons. The molecule has 1 aromatic heterocycles. The van der Waals surface area contributed by atoms with Crippen LogP contribution >= 0.6 is 11.3 Å². The molecule has 4 aromatic rings. The van der Waals surface area contributed by atoms with Gasteiger partial charge in [-0.25, -0.2) is 8.42 Å². The predicted molar refractivity (Wildman–Crippen MR) is 147 cm³/mol. The quantitative estimate of drug-likeness (QED) is 0.280. The lowest BCUT2D eigenvalue weighted by Crippen LogP contribution is -2.47. The number of ether oxygens (including phenoxy) is 1. The minimum atomic E-state index is -3.94. The molecule has 3 aromatic carbocycles. The minimum absolute atomic E-state index is 0.193. The lowest BCUT2D eigenvalue weighted by atomic mass is 9.93. The Balaban J connectivity index is 1.49. The van der Waals surface area contributed by atoms with Crippen LogP contribution in [0.5, 0.6) is 0 Å². The van der Waals surface area contributed by atoms with E-state index in [0.717, 1.165) is 22.9 Å². The number of hydrogen-bond donors (Lipinski definition) is 0. The Kier molecular flexibility index (Phi) is 7.71. The normalized spacial score (nSPS) is 15.7. The first kappa shape index (κ1) is 25.6. The van der Waals surface area contributed by atoms with Gasteiger partial charge >= 0.3 is 0 Å². The summed E-state index contributed by atoms with van der Waals surface area (Å²) in [6, 6.07) is 24.5. The molecule has 37 heavy (non-hydrogen) atoms. The largest absolute Gasteiger partial charge is 0.385 e. The topological polar surface area (TPSA) is 66.9 Å². The van der Waals surface area contributed by atoms with E-state index in [4.69, 9.17) is 4.74 Å². The number of benzene rings is 3. The van der Waals surface area contributed by atoms with Gasteiger partial charge in [0.15, 0.2) is 0 Å². The molecule has 0 radical (unpaired) electrons. The van der Waals surface area contributed by atoms with E-state index in [1.807, 2.05) is 65.6 Å². The van der Waals surface area contributed by atoms with E-state index < -0.39 is 10.0 Å². The Morgan fingerprint density at radius 1 is 1.03 bits per heavy atom. The highest BCUT2D eigenvalue weighted by Crippen LogP contribution is 2.38. The summed E-state index contributed by atoms with van der Waals surface area (Å²) in [6.07, 6.45) is 1.26. The van der Waals surface area contributed by atoms with Crippen molar-refractivity contribution in [1.29, 1.82) is 0 Å². The molecule has 1 atom stereocenters. The number of hydrogen-bond acceptors (Lipinski definition) is 5. The van der Waals surface area contributed by atoms with E-state index in [-0.39, 0.29) is 29.9 Å². The molecule has 6 nitrogen and oxygen atoms in total. The highest BCUT2D eigenvalue weighted by Gasteiger charge is 2.35. The fourth-order valence-electron chi connectivity index (χ4n) is 5.05. The molecule has 0 fully saturated rings. The van der Waals surface area contributed by atoms with Gasteiger partial charge in [-0.2, -0.15) is 4.31 Å². The van der Waals surface area contributed by atoms with Gasteiger partial charge in [-0.3, -0.25) is 4.79 Å². The van der Waals surface area contributed by atoms with Crippen molar-refractivity contribution in [2.75, 3.05) is 33.4 Å². The lowest BCUT2D eigenvalue weighted by Gasteiger charge is -2.37. The highest BCUT2D eigenvalue weighted by atomic mass is 32.2. The van der Waals surface area contributed by atoms with Crippen LogP contribution in [0.1, 0.15) is 28.5 Å². The summed E-state index contributed by atoms with van der Waals surface area (Å²) >= 11 is 1.71. The van der Waals surface area contributed by atoms with Gasteiger partial charge < -0.3 is 9.64 Å². The maximum absolute atomic E-state index is 14.0. The smallest absolute Gasteiger partial charge is 0.244 e. The van der Waals surface area contributed by atoms with Gasteiger partial charge in [0.2, 0.25) is 15.9 Å².